The summed E-state index contributed by atoms with van der Waals surface area (Å²) < 4.78 is 68.2. The molecule has 9 rings (SSSR count). The van der Waals surface area contributed by atoms with E-state index in [4.69, 9.17) is 16.1 Å². The first-order chi connectivity index (χ1) is 26.6. The van der Waals surface area contributed by atoms with Gasteiger partial charge in [-0.3, -0.25) is 14.7 Å². The summed E-state index contributed by atoms with van der Waals surface area (Å²) in [5, 5.41) is 19.0. The molecule has 11 nitrogen and oxygen atoms in total. The molecule has 2 aromatic carbocycles. The molecule has 0 saturated carbocycles. The van der Waals surface area contributed by atoms with Crippen molar-refractivity contribution >= 4 is 39.5 Å². The molecular weight excluding hydrogens is 716 g/mol. The number of amides is 1. The lowest BCUT2D eigenvalue weighted by atomic mass is 9.95. The molecule has 5 aromatic rings. The molecule has 2 bridgehead atoms. The van der Waals surface area contributed by atoms with Crippen molar-refractivity contribution in [3.8, 4) is 35.4 Å². The van der Waals surface area contributed by atoms with Gasteiger partial charge in [0.05, 0.1) is 34.3 Å². The Morgan fingerprint density at radius 3 is 2.71 bits per heavy atom. The first kappa shape index (κ1) is 34.9. The molecule has 0 aliphatic carbocycles. The Balaban J connectivity index is 1.12. The largest absolute Gasteiger partial charge is 0.508 e. The number of hydrogen-bond acceptors (Lipinski definition) is 10. The number of benzene rings is 2. The van der Waals surface area contributed by atoms with Gasteiger partial charge in [-0.2, -0.15) is 20.2 Å². The molecule has 0 radical (unpaired) electrons. The number of rotatable bonds is 7. The number of pyridine rings is 1. The molecule has 4 atom stereocenters. The van der Waals surface area contributed by atoms with Gasteiger partial charge in [-0.05, 0) is 67.9 Å². The number of nitrogens with zero attached hydrogens (tertiary/aromatic N) is 8. The van der Waals surface area contributed by atoms with Crippen LogP contribution in [0.1, 0.15) is 43.4 Å². The van der Waals surface area contributed by atoms with Crippen LogP contribution in [-0.4, -0.2) is 103 Å². The standard InChI is InChI=1S/C40H34F4N8O3/c1-2-28-31(42)9-6-22-13-27(53)15-29(33(22)28)35-34(44)36-30(17-45-35)37(48-39(47-36)55-21-40-10-4-12-51(40)18-23(41)16-40)50-19-25-7-8-26(20-50)52(25)38(54)32(43)14-24-5-3-11-46-49-24/h1,3,5-6,9,11,13-15,17,23,25-26,53H,4,7-8,10,12,16,18-21H2/b32-14-/t23?,25?,26?,40-/m0/s1. The smallest absolute Gasteiger partial charge is 0.319 e. The van der Waals surface area contributed by atoms with Gasteiger partial charge in [-0.1, -0.05) is 12.0 Å². The summed E-state index contributed by atoms with van der Waals surface area (Å²) in [6.45, 7) is 1.65. The van der Waals surface area contributed by atoms with Crippen molar-refractivity contribution in [2.75, 3.05) is 37.7 Å². The zero-order valence-electron chi connectivity index (χ0n) is 29.4. The highest BCUT2D eigenvalue weighted by Crippen LogP contribution is 2.43. The van der Waals surface area contributed by atoms with E-state index in [1.807, 2.05) is 4.90 Å². The molecule has 4 fully saturated rings. The average Bonchev–Trinajstić information content (AvgIpc) is 3.80. The zero-order chi connectivity index (χ0) is 38.0. The quantitative estimate of drug-likeness (QED) is 0.125. The van der Waals surface area contributed by atoms with Crippen LogP contribution in [0.15, 0.2) is 54.6 Å². The van der Waals surface area contributed by atoms with E-state index in [1.54, 1.807) is 17.0 Å². The SMILES string of the molecule is C#Cc1c(F)ccc2cc(O)cc(-c3ncc4c(N5CC6CCC(C5)N6C(=O)/C(F)=C/c5cccnn5)nc(OC[C@@]56CCCN5CC(F)C6)nc4c3F)c12. The maximum atomic E-state index is 17.1. The van der Waals surface area contributed by atoms with Crippen molar-refractivity contribution in [3.63, 3.8) is 0 Å². The van der Waals surface area contributed by atoms with Crippen LogP contribution in [0.2, 0.25) is 0 Å². The monoisotopic (exact) mass is 750 g/mol. The summed E-state index contributed by atoms with van der Waals surface area (Å²) in [5.74, 6) is -0.856. The second kappa shape index (κ2) is 13.5. The van der Waals surface area contributed by atoms with E-state index in [9.17, 15) is 18.7 Å². The van der Waals surface area contributed by atoms with Gasteiger partial charge in [0, 0.05) is 55.5 Å². The Labute approximate surface area is 312 Å². The summed E-state index contributed by atoms with van der Waals surface area (Å²) in [4.78, 5) is 32.7. The van der Waals surface area contributed by atoms with Gasteiger partial charge in [0.2, 0.25) is 0 Å². The molecule has 3 aromatic heterocycles. The minimum absolute atomic E-state index is 0.0617. The van der Waals surface area contributed by atoms with Crippen LogP contribution >= 0.6 is 0 Å². The molecule has 280 valence electrons. The van der Waals surface area contributed by atoms with E-state index >= 15 is 8.78 Å². The normalized spacial score (nSPS) is 23.8. The number of fused-ring (bicyclic) bond motifs is 5. The second-order valence-corrected chi connectivity index (χ2v) is 14.7. The topological polar surface area (TPSA) is 121 Å². The minimum Gasteiger partial charge on any atom is -0.508 e. The fraction of sp³-hybridized carbons (Fsp3) is 0.350. The van der Waals surface area contributed by atoms with Crippen LogP contribution in [0.4, 0.5) is 23.4 Å². The maximum absolute atomic E-state index is 17.1. The van der Waals surface area contributed by atoms with E-state index in [2.05, 4.69) is 31.0 Å². The van der Waals surface area contributed by atoms with E-state index in [1.165, 1.54) is 36.7 Å². The lowest BCUT2D eigenvalue weighted by molar-refractivity contribution is -0.131. The lowest BCUT2D eigenvalue weighted by Crippen LogP contribution is -2.56. The number of carbonyl (C=O) groups is 1. The summed E-state index contributed by atoms with van der Waals surface area (Å²) in [6.07, 6.45) is 11.8. The first-order valence-corrected chi connectivity index (χ1v) is 18.2. The van der Waals surface area contributed by atoms with Gasteiger partial charge < -0.3 is 19.6 Å². The van der Waals surface area contributed by atoms with E-state index in [0.29, 0.717) is 37.0 Å². The number of piperazine rings is 1. The van der Waals surface area contributed by atoms with Crippen molar-refractivity contribution in [1.29, 1.82) is 0 Å². The second-order valence-electron chi connectivity index (χ2n) is 14.7. The van der Waals surface area contributed by atoms with Crippen LogP contribution < -0.4 is 9.64 Å². The predicted molar refractivity (Wildman–Crippen MR) is 195 cm³/mol. The molecule has 4 aliphatic rings. The van der Waals surface area contributed by atoms with E-state index < -0.39 is 35.1 Å². The molecule has 4 aliphatic heterocycles. The van der Waals surface area contributed by atoms with Gasteiger partial charge in [0.25, 0.3) is 5.91 Å². The molecule has 55 heavy (non-hydrogen) atoms. The summed E-state index contributed by atoms with van der Waals surface area (Å²) >= 11 is 0. The highest BCUT2D eigenvalue weighted by atomic mass is 19.1. The van der Waals surface area contributed by atoms with Crippen molar-refractivity contribution in [1.82, 2.24) is 34.9 Å². The number of terminal acetylenes is 1. The number of phenols is 1. The van der Waals surface area contributed by atoms with E-state index in [0.717, 1.165) is 25.5 Å². The molecule has 4 saturated heterocycles. The number of aromatic hydroxyl groups is 1. The molecule has 3 unspecified atom stereocenters. The molecule has 15 heteroatoms. The van der Waals surface area contributed by atoms with E-state index in [-0.39, 0.29) is 82.3 Å². The fourth-order valence-corrected chi connectivity index (χ4v) is 9.03. The molecule has 1 N–H and O–H groups in total. The predicted octanol–water partition coefficient (Wildman–Crippen LogP) is 5.75. The molecule has 7 heterocycles. The number of carbonyl (C=O) groups excluding carboxylic acids is 1. The Bertz CT molecular complexity index is 2430. The van der Waals surface area contributed by atoms with Crippen LogP contribution in [-0.2, 0) is 4.79 Å². The molecular formula is C40H34F4N8O3. The Kier molecular flexibility index (Phi) is 8.53. The average molecular weight is 751 g/mol. The number of aromatic nitrogens is 5. The van der Waals surface area contributed by atoms with Crippen LogP contribution in [0.5, 0.6) is 11.8 Å². The van der Waals surface area contributed by atoms with Gasteiger partial charge in [-0.25, -0.2) is 17.6 Å². The number of anilines is 1. The third-order valence-electron chi connectivity index (χ3n) is 11.4. The van der Waals surface area contributed by atoms with Crippen molar-refractivity contribution < 1.29 is 32.2 Å². The zero-order valence-corrected chi connectivity index (χ0v) is 29.4. The highest BCUT2D eigenvalue weighted by molar-refractivity contribution is 6.03. The summed E-state index contributed by atoms with van der Waals surface area (Å²) in [6, 6.07) is 7.52. The van der Waals surface area contributed by atoms with Crippen LogP contribution in [0.3, 0.4) is 0 Å². The summed E-state index contributed by atoms with van der Waals surface area (Å²) in [7, 11) is 0. The number of ether oxygens (including phenoxy) is 1. The number of hydrogen-bond donors (Lipinski definition) is 1. The van der Waals surface area contributed by atoms with Gasteiger partial charge >= 0.3 is 6.01 Å². The Hall–Kier alpha value is -5.88. The van der Waals surface area contributed by atoms with Crippen LogP contribution in [0.25, 0.3) is 39.0 Å². The fourth-order valence-electron chi connectivity index (χ4n) is 9.03. The van der Waals surface area contributed by atoms with Gasteiger partial charge in [-0.15, -0.1) is 6.42 Å². The molecule has 1 amide bonds. The minimum atomic E-state index is -0.993. The number of halogens is 4. The highest BCUT2D eigenvalue weighted by Gasteiger charge is 2.50. The van der Waals surface area contributed by atoms with Crippen molar-refractivity contribution in [2.24, 2.45) is 0 Å². The summed E-state index contributed by atoms with van der Waals surface area (Å²) in [5.41, 5.74) is -0.762. The maximum Gasteiger partial charge on any atom is 0.319 e. The Morgan fingerprint density at radius 2 is 1.95 bits per heavy atom. The third-order valence-corrected chi connectivity index (χ3v) is 11.4. The van der Waals surface area contributed by atoms with Gasteiger partial charge in [0.1, 0.15) is 41.4 Å². The lowest BCUT2D eigenvalue weighted by Gasteiger charge is -2.41. The first-order valence-electron chi connectivity index (χ1n) is 18.2. The number of alkyl halides is 1. The Morgan fingerprint density at radius 1 is 1.13 bits per heavy atom. The number of phenolic OH excluding ortho intramolecular Hbond substituents is 1. The van der Waals surface area contributed by atoms with Crippen LogP contribution in [0, 0.1) is 24.0 Å². The third kappa shape index (κ3) is 5.95. The van der Waals surface area contributed by atoms with Crippen molar-refractivity contribution in [2.45, 2.75) is 55.9 Å². The van der Waals surface area contributed by atoms with Crippen molar-refractivity contribution in [3.05, 3.63) is 77.5 Å². The van der Waals surface area contributed by atoms with Gasteiger partial charge in [0.15, 0.2) is 11.6 Å². The molecule has 0 spiro atoms.